The molecular weight excluding hydrogens is 324 g/mol. The molecule has 0 fully saturated rings. The van der Waals surface area contributed by atoms with Crippen molar-refractivity contribution in [2.45, 2.75) is 25.5 Å². The van der Waals surface area contributed by atoms with Crippen molar-refractivity contribution < 1.29 is 12.8 Å². The van der Waals surface area contributed by atoms with Crippen LogP contribution < -0.4 is 4.72 Å². The topological polar surface area (TPSA) is 72.2 Å². The summed E-state index contributed by atoms with van der Waals surface area (Å²) in [5.41, 5.74) is 3.31. The van der Waals surface area contributed by atoms with Crippen molar-refractivity contribution >= 4 is 21.1 Å². The van der Waals surface area contributed by atoms with E-state index in [1.807, 2.05) is 62.4 Å². The van der Waals surface area contributed by atoms with E-state index in [-0.39, 0.29) is 18.2 Å². The lowest BCUT2D eigenvalue weighted by molar-refractivity contribution is 0.480. The van der Waals surface area contributed by atoms with Crippen LogP contribution in [0.25, 0.3) is 11.1 Å². The number of benzene rings is 2. The van der Waals surface area contributed by atoms with Crippen LogP contribution in [0.1, 0.15) is 29.9 Å². The highest BCUT2D eigenvalue weighted by Crippen LogP contribution is 2.21. The minimum absolute atomic E-state index is 0.0328. The first-order valence-corrected chi connectivity index (χ1v) is 9.46. The molecule has 0 spiro atoms. The summed E-state index contributed by atoms with van der Waals surface area (Å²) in [5.74, 6) is 0.355. The Morgan fingerprint density at radius 3 is 2.71 bits per heavy atom. The maximum Gasteiger partial charge on any atom is 0.215 e. The van der Waals surface area contributed by atoms with Gasteiger partial charge in [0, 0.05) is 12.5 Å². The molecule has 1 N–H and O–H groups in total. The van der Waals surface area contributed by atoms with Gasteiger partial charge in [-0.15, -0.1) is 0 Å². The molecule has 0 aliphatic heterocycles. The van der Waals surface area contributed by atoms with Gasteiger partial charge in [-0.25, -0.2) is 18.1 Å². The highest BCUT2D eigenvalue weighted by atomic mass is 32.2. The quantitative estimate of drug-likeness (QED) is 0.744. The minimum atomic E-state index is -3.40. The van der Waals surface area contributed by atoms with Crippen LogP contribution in [-0.2, 0) is 15.8 Å². The van der Waals surface area contributed by atoms with Gasteiger partial charge in [-0.1, -0.05) is 48.9 Å². The minimum Gasteiger partial charge on any atom is -0.440 e. The van der Waals surface area contributed by atoms with Gasteiger partial charge in [0.05, 0.1) is 5.75 Å². The second-order valence-electron chi connectivity index (χ2n) is 6.02. The van der Waals surface area contributed by atoms with Gasteiger partial charge in [-0.3, -0.25) is 0 Å². The molecule has 0 saturated carbocycles. The van der Waals surface area contributed by atoms with E-state index in [0.29, 0.717) is 11.5 Å². The molecular formula is C18H20N2O3S. The zero-order chi connectivity index (χ0) is 17.2. The van der Waals surface area contributed by atoms with Crippen LogP contribution in [0.4, 0.5) is 0 Å². The van der Waals surface area contributed by atoms with Gasteiger partial charge in [0.25, 0.3) is 0 Å². The van der Waals surface area contributed by atoms with Crippen LogP contribution in [0.15, 0.2) is 52.9 Å². The number of sulfonamides is 1. The number of nitrogens with zero attached hydrogens (tertiary/aromatic N) is 1. The second-order valence-corrected chi connectivity index (χ2v) is 7.82. The molecule has 5 nitrogen and oxygen atoms in total. The fourth-order valence-electron chi connectivity index (χ4n) is 2.51. The first-order valence-electron chi connectivity index (χ1n) is 7.81. The molecule has 1 atom stereocenters. The lowest BCUT2D eigenvalue weighted by Gasteiger charge is -2.10. The van der Waals surface area contributed by atoms with Gasteiger partial charge < -0.3 is 4.42 Å². The summed E-state index contributed by atoms with van der Waals surface area (Å²) in [7, 11) is -3.40. The normalized spacial score (nSPS) is 13.2. The van der Waals surface area contributed by atoms with Gasteiger partial charge >= 0.3 is 0 Å². The highest BCUT2D eigenvalue weighted by Gasteiger charge is 2.17. The van der Waals surface area contributed by atoms with E-state index >= 15 is 0 Å². The average molecular weight is 344 g/mol. The molecule has 24 heavy (non-hydrogen) atoms. The number of rotatable bonds is 6. The van der Waals surface area contributed by atoms with Crippen molar-refractivity contribution in [1.82, 2.24) is 9.71 Å². The van der Waals surface area contributed by atoms with Crippen molar-refractivity contribution in [2.24, 2.45) is 0 Å². The van der Waals surface area contributed by atoms with Gasteiger partial charge in [-0.05, 0) is 24.6 Å². The number of hydrogen-bond acceptors (Lipinski definition) is 4. The van der Waals surface area contributed by atoms with Crippen molar-refractivity contribution in [3.05, 3.63) is 65.5 Å². The predicted octanol–water partition coefficient (Wildman–Crippen LogP) is 3.36. The van der Waals surface area contributed by atoms with Crippen LogP contribution in [-0.4, -0.2) is 19.9 Å². The zero-order valence-electron chi connectivity index (χ0n) is 13.7. The predicted molar refractivity (Wildman–Crippen MR) is 94.2 cm³/mol. The third-order valence-corrected chi connectivity index (χ3v) is 5.10. The van der Waals surface area contributed by atoms with Gasteiger partial charge in [0.15, 0.2) is 11.5 Å². The molecule has 2 aromatic carbocycles. The van der Waals surface area contributed by atoms with Crippen molar-refractivity contribution in [1.29, 1.82) is 0 Å². The summed E-state index contributed by atoms with van der Waals surface area (Å²) in [6, 6.07) is 15.0. The molecule has 1 aromatic heterocycles. The van der Waals surface area contributed by atoms with Crippen LogP contribution in [0, 0.1) is 6.92 Å². The summed E-state index contributed by atoms with van der Waals surface area (Å²) in [6.07, 6.45) is 0. The summed E-state index contributed by atoms with van der Waals surface area (Å²) in [5, 5.41) is 0. The number of para-hydroxylation sites is 2. The largest absolute Gasteiger partial charge is 0.440 e. The molecule has 3 rings (SSSR count). The van der Waals surface area contributed by atoms with Gasteiger partial charge in [-0.2, -0.15) is 0 Å². The first kappa shape index (κ1) is 16.7. The Labute approximate surface area is 141 Å². The Balaban J connectivity index is 1.65. The van der Waals surface area contributed by atoms with E-state index in [9.17, 15) is 8.42 Å². The summed E-state index contributed by atoms with van der Waals surface area (Å²) < 4.78 is 32.8. The Bertz CT molecular complexity index is 915. The van der Waals surface area contributed by atoms with Crippen LogP contribution in [0.2, 0.25) is 0 Å². The number of nitrogens with one attached hydrogen (secondary N) is 1. The molecule has 0 bridgehead atoms. The van der Waals surface area contributed by atoms with Crippen LogP contribution in [0.5, 0.6) is 0 Å². The van der Waals surface area contributed by atoms with E-state index < -0.39 is 10.0 Å². The summed E-state index contributed by atoms with van der Waals surface area (Å²) in [4.78, 5) is 4.41. The maximum absolute atomic E-state index is 12.3. The molecule has 0 aliphatic carbocycles. The monoisotopic (exact) mass is 344 g/mol. The van der Waals surface area contributed by atoms with Crippen molar-refractivity contribution in [2.75, 3.05) is 6.54 Å². The Hall–Kier alpha value is -2.18. The number of aryl methyl sites for hydroxylation is 1. The van der Waals surface area contributed by atoms with E-state index in [2.05, 4.69) is 9.71 Å². The standard InChI is InChI=1S/C18H20N2O3S/c1-13-6-5-7-15(10-13)12-24(21,22)19-11-14(2)18-20-16-8-3-4-9-17(16)23-18/h3-10,14,19H,11-12H2,1-2H3. The number of fused-ring (bicyclic) bond motifs is 1. The Morgan fingerprint density at radius 1 is 1.17 bits per heavy atom. The molecule has 1 unspecified atom stereocenters. The zero-order valence-corrected chi connectivity index (χ0v) is 14.5. The lowest BCUT2D eigenvalue weighted by atomic mass is 10.2. The Kier molecular flexibility index (Phi) is 4.69. The fraction of sp³-hybridized carbons (Fsp3) is 0.278. The van der Waals surface area contributed by atoms with Gasteiger partial charge in [0.2, 0.25) is 10.0 Å². The summed E-state index contributed by atoms with van der Waals surface area (Å²) in [6.45, 7) is 4.08. The molecule has 3 aromatic rings. The van der Waals surface area contributed by atoms with Crippen LogP contribution in [0.3, 0.4) is 0 Å². The molecule has 126 valence electrons. The third kappa shape index (κ3) is 4.01. The van der Waals surface area contributed by atoms with Crippen molar-refractivity contribution in [3.63, 3.8) is 0 Å². The lowest BCUT2D eigenvalue weighted by Crippen LogP contribution is -2.29. The fourth-order valence-corrected chi connectivity index (χ4v) is 3.74. The molecule has 0 radical (unpaired) electrons. The van der Waals surface area contributed by atoms with E-state index in [0.717, 1.165) is 16.6 Å². The van der Waals surface area contributed by atoms with Crippen molar-refractivity contribution in [3.8, 4) is 0 Å². The smallest absolute Gasteiger partial charge is 0.215 e. The summed E-state index contributed by atoms with van der Waals surface area (Å²) >= 11 is 0. The van der Waals surface area contributed by atoms with Crippen LogP contribution >= 0.6 is 0 Å². The number of oxazole rings is 1. The molecule has 0 saturated heterocycles. The maximum atomic E-state index is 12.3. The van der Waals surface area contributed by atoms with Gasteiger partial charge in [0.1, 0.15) is 5.52 Å². The molecule has 0 amide bonds. The average Bonchev–Trinajstić information content (AvgIpc) is 2.96. The second kappa shape index (κ2) is 6.75. The molecule has 0 aliphatic rings. The van der Waals surface area contributed by atoms with E-state index in [1.165, 1.54) is 0 Å². The number of hydrogen-bond donors (Lipinski definition) is 1. The molecule has 6 heteroatoms. The SMILES string of the molecule is Cc1cccc(CS(=O)(=O)NCC(C)c2nc3ccccc3o2)c1. The Morgan fingerprint density at radius 2 is 1.96 bits per heavy atom. The van der Waals surface area contributed by atoms with E-state index in [1.54, 1.807) is 0 Å². The first-order chi connectivity index (χ1) is 11.4. The highest BCUT2D eigenvalue weighted by molar-refractivity contribution is 7.88. The molecule has 1 heterocycles. The van der Waals surface area contributed by atoms with E-state index in [4.69, 9.17) is 4.42 Å². The number of aromatic nitrogens is 1. The third-order valence-electron chi connectivity index (χ3n) is 3.78.